The van der Waals surface area contributed by atoms with Crippen LogP contribution in [0.4, 0.5) is 0 Å². The van der Waals surface area contributed by atoms with Crippen molar-refractivity contribution in [2.24, 2.45) is 0 Å². The number of hydrogen-bond donors (Lipinski definition) is 0. The molecule has 0 saturated carbocycles. The lowest BCUT2D eigenvalue weighted by Gasteiger charge is -2.28. The molecule has 0 spiro atoms. The number of piperidine rings is 1. The largest absolute Gasteiger partial charge is 0.467 e. The van der Waals surface area contributed by atoms with Crippen molar-refractivity contribution in [3.05, 3.63) is 46.8 Å². The lowest BCUT2D eigenvalue weighted by Crippen LogP contribution is -2.34. The van der Waals surface area contributed by atoms with Crippen molar-refractivity contribution in [1.82, 2.24) is 19.4 Å². The summed E-state index contributed by atoms with van der Waals surface area (Å²) >= 11 is 0. The smallest absolute Gasteiger partial charge is 0.350 e. The highest BCUT2D eigenvalue weighted by Gasteiger charge is 2.21. The van der Waals surface area contributed by atoms with Gasteiger partial charge in [-0.2, -0.15) is 4.98 Å². The average molecular weight is 274 g/mol. The molecule has 1 unspecified atom stereocenters. The summed E-state index contributed by atoms with van der Waals surface area (Å²) in [5, 5.41) is 0. The quantitative estimate of drug-likeness (QED) is 0.838. The van der Waals surface area contributed by atoms with Gasteiger partial charge in [0.2, 0.25) is 0 Å². The normalized spacial score (nSPS) is 20.1. The highest BCUT2D eigenvalue weighted by atomic mass is 16.3. The molecule has 6 heteroatoms. The van der Waals surface area contributed by atoms with Gasteiger partial charge in [-0.15, -0.1) is 0 Å². The second kappa shape index (κ2) is 5.58. The van der Waals surface area contributed by atoms with Crippen LogP contribution in [0, 0.1) is 0 Å². The summed E-state index contributed by atoms with van der Waals surface area (Å²) in [5.74, 6) is 1.65. The minimum atomic E-state index is -0.264. The summed E-state index contributed by atoms with van der Waals surface area (Å²) in [5.41, 5.74) is -0.264. The fourth-order valence-electron chi connectivity index (χ4n) is 2.62. The third kappa shape index (κ3) is 2.80. The van der Waals surface area contributed by atoms with Gasteiger partial charge in [0.05, 0.1) is 12.8 Å². The predicted octanol–water partition coefficient (Wildman–Crippen LogP) is 1.09. The summed E-state index contributed by atoms with van der Waals surface area (Å²) in [4.78, 5) is 22.8. The molecule has 0 N–H and O–H groups in total. The Hall–Kier alpha value is -1.95. The van der Waals surface area contributed by atoms with Gasteiger partial charge in [0.15, 0.2) is 0 Å². The maximum atomic E-state index is 12.0. The number of rotatable bonds is 3. The Kier molecular flexibility index (Phi) is 3.64. The summed E-state index contributed by atoms with van der Waals surface area (Å²) in [6.45, 7) is 2.39. The molecule has 0 bridgehead atoms. The molecule has 0 aromatic carbocycles. The van der Waals surface area contributed by atoms with Crippen molar-refractivity contribution in [3.8, 4) is 0 Å². The molecule has 0 radical (unpaired) electrons. The van der Waals surface area contributed by atoms with Crippen LogP contribution in [0.5, 0.6) is 0 Å². The van der Waals surface area contributed by atoms with Crippen molar-refractivity contribution in [3.63, 3.8) is 0 Å². The molecule has 1 fully saturated rings. The van der Waals surface area contributed by atoms with Crippen LogP contribution >= 0.6 is 0 Å². The molecule has 1 saturated heterocycles. The molecule has 2 aromatic heterocycles. The SMILES string of the molecule is CN1CCCC(c2ncn(Cc3ccco3)c(=O)n2)C1. The van der Waals surface area contributed by atoms with E-state index in [2.05, 4.69) is 21.9 Å². The summed E-state index contributed by atoms with van der Waals surface area (Å²) in [7, 11) is 2.09. The number of hydrogen-bond acceptors (Lipinski definition) is 5. The first kappa shape index (κ1) is 13.1. The molecule has 0 amide bonds. The third-order valence-corrected chi connectivity index (χ3v) is 3.68. The maximum Gasteiger partial charge on any atom is 0.350 e. The van der Waals surface area contributed by atoms with Gasteiger partial charge < -0.3 is 9.32 Å². The molecule has 1 aliphatic rings. The Labute approximate surface area is 117 Å². The van der Waals surface area contributed by atoms with E-state index in [0.29, 0.717) is 12.4 Å². The molecule has 0 aliphatic carbocycles. The van der Waals surface area contributed by atoms with E-state index in [0.717, 1.165) is 31.7 Å². The predicted molar refractivity (Wildman–Crippen MR) is 73.6 cm³/mol. The number of nitrogens with zero attached hydrogens (tertiary/aromatic N) is 4. The van der Waals surface area contributed by atoms with Gasteiger partial charge >= 0.3 is 5.69 Å². The number of likely N-dealkylation sites (N-methyl/N-ethyl adjacent to an activating group) is 1. The summed E-state index contributed by atoms with van der Waals surface area (Å²) < 4.78 is 6.70. The second-order valence-electron chi connectivity index (χ2n) is 5.31. The Morgan fingerprint density at radius 2 is 2.40 bits per heavy atom. The van der Waals surface area contributed by atoms with E-state index in [-0.39, 0.29) is 11.6 Å². The zero-order chi connectivity index (χ0) is 13.9. The third-order valence-electron chi connectivity index (χ3n) is 3.68. The van der Waals surface area contributed by atoms with Crippen LogP contribution in [-0.4, -0.2) is 39.6 Å². The van der Waals surface area contributed by atoms with E-state index in [1.807, 2.05) is 6.07 Å². The van der Waals surface area contributed by atoms with E-state index < -0.39 is 0 Å². The Bertz CT molecular complexity index is 620. The van der Waals surface area contributed by atoms with Crippen molar-refractivity contribution in [2.75, 3.05) is 20.1 Å². The van der Waals surface area contributed by atoms with Gasteiger partial charge in [0.25, 0.3) is 0 Å². The highest BCUT2D eigenvalue weighted by Crippen LogP contribution is 2.22. The van der Waals surface area contributed by atoms with Crippen LogP contribution in [0.25, 0.3) is 0 Å². The highest BCUT2D eigenvalue weighted by molar-refractivity contribution is 5.01. The van der Waals surface area contributed by atoms with Crippen LogP contribution in [0.15, 0.2) is 33.9 Å². The van der Waals surface area contributed by atoms with Crippen LogP contribution in [0.1, 0.15) is 30.3 Å². The Morgan fingerprint density at radius 3 is 3.10 bits per heavy atom. The first-order valence-electron chi connectivity index (χ1n) is 6.86. The molecule has 6 nitrogen and oxygen atoms in total. The lowest BCUT2D eigenvalue weighted by molar-refractivity contribution is 0.245. The molecule has 3 heterocycles. The monoisotopic (exact) mass is 274 g/mol. The number of furan rings is 1. The van der Waals surface area contributed by atoms with E-state index in [4.69, 9.17) is 4.42 Å². The van der Waals surface area contributed by atoms with Gasteiger partial charge in [0, 0.05) is 12.5 Å². The molecule has 3 rings (SSSR count). The van der Waals surface area contributed by atoms with Crippen LogP contribution in [0.2, 0.25) is 0 Å². The first-order valence-corrected chi connectivity index (χ1v) is 6.86. The summed E-state index contributed by atoms with van der Waals surface area (Å²) in [6, 6.07) is 3.63. The minimum Gasteiger partial charge on any atom is -0.467 e. The Balaban J connectivity index is 1.78. The molecule has 20 heavy (non-hydrogen) atoms. The average Bonchev–Trinajstić information content (AvgIpc) is 2.94. The maximum absolute atomic E-state index is 12.0. The van der Waals surface area contributed by atoms with Crippen LogP contribution in [-0.2, 0) is 6.54 Å². The van der Waals surface area contributed by atoms with Crippen molar-refractivity contribution in [1.29, 1.82) is 0 Å². The molecular formula is C14H18N4O2. The van der Waals surface area contributed by atoms with E-state index in [1.54, 1.807) is 18.7 Å². The lowest BCUT2D eigenvalue weighted by atomic mass is 9.98. The summed E-state index contributed by atoms with van der Waals surface area (Å²) in [6.07, 6.45) is 5.33. The van der Waals surface area contributed by atoms with E-state index in [9.17, 15) is 4.79 Å². The zero-order valence-corrected chi connectivity index (χ0v) is 11.5. The van der Waals surface area contributed by atoms with Crippen LogP contribution < -0.4 is 5.69 Å². The van der Waals surface area contributed by atoms with E-state index >= 15 is 0 Å². The van der Waals surface area contributed by atoms with Crippen molar-refractivity contribution in [2.45, 2.75) is 25.3 Å². The van der Waals surface area contributed by atoms with Gasteiger partial charge in [-0.3, -0.25) is 4.57 Å². The first-order chi connectivity index (χ1) is 9.72. The van der Waals surface area contributed by atoms with Crippen LogP contribution in [0.3, 0.4) is 0 Å². The number of aromatic nitrogens is 3. The van der Waals surface area contributed by atoms with Crippen molar-refractivity contribution < 1.29 is 4.42 Å². The molecular weight excluding hydrogens is 256 g/mol. The van der Waals surface area contributed by atoms with Gasteiger partial charge in [-0.25, -0.2) is 9.78 Å². The minimum absolute atomic E-state index is 0.264. The molecule has 1 aliphatic heterocycles. The topological polar surface area (TPSA) is 64.2 Å². The molecule has 2 aromatic rings. The standard InChI is InChI=1S/C14H18N4O2/c1-17-6-2-4-11(8-17)13-15-10-18(14(19)16-13)9-12-5-3-7-20-12/h3,5,7,10-11H,2,4,6,8-9H2,1H3. The fourth-order valence-corrected chi connectivity index (χ4v) is 2.62. The van der Waals surface area contributed by atoms with Crippen molar-refractivity contribution >= 4 is 0 Å². The van der Waals surface area contributed by atoms with E-state index in [1.165, 1.54) is 4.57 Å². The molecule has 106 valence electrons. The Morgan fingerprint density at radius 1 is 1.50 bits per heavy atom. The van der Waals surface area contributed by atoms with Gasteiger partial charge in [-0.05, 0) is 38.6 Å². The second-order valence-corrected chi connectivity index (χ2v) is 5.31. The van der Waals surface area contributed by atoms with Gasteiger partial charge in [0.1, 0.15) is 17.9 Å². The van der Waals surface area contributed by atoms with Gasteiger partial charge in [-0.1, -0.05) is 0 Å². The zero-order valence-electron chi connectivity index (χ0n) is 11.5. The number of likely N-dealkylation sites (tertiary alicyclic amines) is 1. The molecule has 1 atom stereocenters. The fraction of sp³-hybridized carbons (Fsp3) is 0.500.